The highest BCUT2D eigenvalue weighted by atomic mass is 31.2. The molecule has 2 N–H and O–H groups in total. The maximum Gasteiger partial charge on any atom is 0.145 e. The van der Waals surface area contributed by atoms with Crippen molar-refractivity contribution in [2.24, 2.45) is 0 Å². The molecule has 1 aliphatic heterocycles. The van der Waals surface area contributed by atoms with Crippen molar-refractivity contribution in [3.63, 3.8) is 0 Å². The minimum atomic E-state index is -2.84. The minimum absolute atomic E-state index is 0.502. The van der Waals surface area contributed by atoms with E-state index in [1.165, 1.54) is 22.3 Å². The lowest BCUT2D eigenvalue weighted by molar-refractivity contribution is 0.585. The second-order valence-corrected chi connectivity index (χ2v) is 11.2. The van der Waals surface area contributed by atoms with Gasteiger partial charge in [0, 0.05) is 22.5 Å². The number of hydrogen-bond donors (Lipinski definition) is 1. The highest BCUT2D eigenvalue weighted by molar-refractivity contribution is 7.79. The Kier molecular flexibility index (Phi) is 3.53. The second kappa shape index (κ2) is 5.97. The Hall–Kier alpha value is -3.09. The summed E-state index contributed by atoms with van der Waals surface area (Å²) in [7, 11) is -2.84. The second-order valence-electron chi connectivity index (χ2n) is 8.16. The van der Waals surface area contributed by atoms with E-state index in [4.69, 9.17) is 5.73 Å². The first-order valence-corrected chi connectivity index (χ1v) is 12.3. The van der Waals surface area contributed by atoms with Crippen LogP contribution in [-0.4, -0.2) is 6.16 Å². The van der Waals surface area contributed by atoms with Gasteiger partial charge < -0.3 is 10.3 Å². The van der Waals surface area contributed by atoms with Crippen molar-refractivity contribution in [1.29, 1.82) is 0 Å². The van der Waals surface area contributed by atoms with Crippen molar-refractivity contribution in [2.75, 3.05) is 11.9 Å². The zero-order chi connectivity index (χ0) is 20.5. The van der Waals surface area contributed by atoms with Crippen LogP contribution in [0.4, 0.5) is 5.69 Å². The van der Waals surface area contributed by atoms with Gasteiger partial charge in [0.2, 0.25) is 0 Å². The zero-order valence-corrected chi connectivity index (χ0v) is 17.7. The van der Waals surface area contributed by atoms with Gasteiger partial charge in [0.15, 0.2) is 0 Å². The molecule has 0 amide bonds. The first-order chi connectivity index (χ1) is 14.6. The maximum absolute atomic E-state index is 14.6. The van der Waals surface area contributed by atoms with E-state index >= 15 is 0 Å². The van der Waals surface area contributed by atoms with Gasteiger partial charge in [0.05, 0.1) is 5.41 Å². The predicted molar refractivity (Wildman–Crippen MR) is 126 cm³/mol. The number of fused-ring (bicyclic) bond motifs is 9. The molecule has 1 atom stereocenters. The van der Waals surface area contributed by atoms with Crippen molar-refractivity contribution in [3.05, 3.63) is 113 Å². The third-order valence-corrected chi connectivity index (χ3v) is 10.2. The van der Waals surface area contributed by atoms with Crippen LogP contribution >= 0.6 is 7.14 Å². The number of benzene rings is 4. The molecular weight excluding hydrogens is 385 g/mol. The summed E-state index contributed by atoms with van der Waals surface area (Å²) in [5, 5.41) is 1.79. The van der Waals surface area contributed by atoms with Crippen molar-refractivity contribution in [1.82, 2.24) is 0 Å². The molecule has 0 aromatic heterocycles. The van der Waals surface area contributed by atoms with Crippen LogP contribution in [0.15, 0.2) is 91.0 Å². The Morgan fingerprint density at radius 2 is 1.23 bits per heavy atom. The van der Waals surface area contributed by atoms with Gasteiger partial charge in [-0.3, -0.25) is 0 Å². The molecule has 0 radical (unpaired) electrons. The fourth-order valence-corrected chi connectivity index (χ4v) is 8.76. The molecule has 4 aromatic carbocycles. The van der Waals surface area contributed by atoms with E-state index in [1.807, 2.05) is 25.1 Å². The molecule has 2 nitrogen and oxygen atoms in total. The van der Waals surface area contributed by atoms with Crippen molar-refractivity contribution < 1.29 is 4.57 Å². The number of rotatable bonds is 1. The molecule has 146 valence electrons. The largest absolute Gasteiger partial charge is 0.398 e. The monoisotopic (exact) mass is 407 g/mol. The number of nitrogen functional groups attached to an aromatic ring is 1. The average Bonchev–Trinajstić information content (AvgIpc) is 3.09. The van der Waals surface area contributed by atoms with Gasteiger partial charge in [-0.15, -0.1) is 0 Å². The molecular formula is C27H22NOP. The average molecular weight is 407 g/mol. The van der Waals surface area contributed by atoms with Crippen molar-refractivity contribution in [3.8, 4) is 11.1 Å². The summed E-state index contributed by atoms with van der Waals surface area (Å²) in [4.78, 5) is 0. The van der Waals surface area contributed by atoms with Crippen LogP contribution in [0.2, 0.25) is 0 Å². The molecule has 1 aliphatic carbocycles. The molecule has 1 heterocycles. The van der Waals surface area contributed by atoms with Crippen LogP contribution in [0.3, 0.4) is 0 Å². The van der Waals surface area contributed by atoms with Crippen LogP contribution < -0.4 is 16.3 Å². The Morgan fingerprint density at radius 3 is 1.87 bits per heavy atom. The van der Waals surface area contributed by atoms with Crippen LogP contribution in [0, 0.1) is 0 Å². The molecule has 4 aromatic rings. The third-order valence-electron chi connectivity index (χ3n) is 6.93. The number of hydrogen-bond acceptors (Lipinski definition) is 2. The van der Waals surface area contributed by atoms with E-state index < -0.39 is 12.6 Å². The van der Waals surface area contributed by atoms with Crippen LogP contribution in [0.1, 0.15) is 29.2 Å². The molecule has 1 spiro atoms. The van der Waals surface area contributed by atoms with E-state index in [0.717, 1.165) is 21.7 Å². The summed E-state index contributed by atoms with van der Waals surface area (Å²) in [5.41, 5.74) is 13.9. The molecule has 30 heavy (non-hydrogen) atoms. The zero-order valence-electron chi connectivity index (χ0n) is 16.8. The Labute approximate surface area is 176 Å². The van der Waals surface area contributed by atoms with E-state index in [0.29, 0.717) is 11.8 Å². The maximum atomic E-state index is 14.6. The highest BCUT2D eigenvalue weighted by Gasteiger charge is 2.54. The Balaban J connectivity index is 1.91. The van der Waals surface area contributed by atoms with Crippen LogP contribution in [0.5, 0.6) is 0 Å². The van der Waals surface area contributed by atoms with Gasteiger partial charge in [-0.2, -0.15) is 0 Å². The molecule has 0 bridgehead atoms. The standard InChI is InChI=1S/C27H22NOP/c1-2-30(29)25-17-8-7-14-22(25)27(23-15-9-16-24(28)26(23)30)20-12-5-3-10-18(20)19-11-4-6-13-21(19)27/h3-17H,2,28H2,1H3. The van der Waals surface area contributed by atoms with Crippen LogP contribution in [0.25, 0.3) is 11.1 Å². The van der Waals surface area contributed by atoms with Gasteiger partial charge in [-0.1, -0.05) is 91.9 Å². The Bertz CT molecular complexity index is 1340. The number of nitrogens with two attached hydrogens (primary N) is 1. The summed E-state index contributed by atoms with van der Waals surface area (Å²) in [5.74, 6) is 0. The minimum Gasteiger partial charge on any atom is -0.398 e. The topological polar surface area (TPSA) is 43.1 Å². The van der Waals surface area contributed by atoms with Crippen molar-refractivity contribution in [2.45, 2.75) is 12.3 Å². The van der Waals surface area contributed by atoms with E-state index in [9.17, 15) is 4.57 Å². The van der Waals surface area contributed by atoms with Gasteiger partial charge in [0.1, 0.15) is 7.14 Å². The SMILES string of the molecule is CCP1(=O)c2ccccc2C2(c3ccccc3-c3ccccc32)c2cccc(N)c21. The Morgan fingerprint density at radius 1 is 0.700 bits per heavy atom. The highest BCUT2D eigenvalue weighted by Crippen LogP contribution is 2.62. The lowest BCUT2D eigenvalue weighted by Crippen LogP contribution is -2.44. The lowest BCUT2D eigenvalue weighted by atomic mass is 9.67. The summed E-state index contributed by atoms with van der Waals surface area (Å²) in [6.45, 7) is 2.02. The molecule has 0 saturated heterocycles. The molecule has 0 saturated carbocycles. The molecule has 6 rings (SSSR count). The smallest absolute Gasteiger partial charge is 0.145 e. The van der Waals surface area contributed by atoms with E-state index in [2.05, 4.69) is 72.8 Å². The predicted octanol–water partition coefficient (Wildman–Crippen LogP) is 5.28. The van der Waals surface area contributed by atoms with Gasteiger partial charge in [-0.25, -0.2) is 0 Å². The fourth-order valence-electron chi connectivity index (χ4n) is 5.78. The molecule has 0 fully saturated rings. The number of anilines is 1. The van der Waals surface area contributed by atoms with E-state index in [1.54, 1.807) is 0 Å². The normalized spacial score (nSPS) is 19.6. The summed E-state index contributed by atoms with van der Waals surface area (Å²) in [6, 6.07) is 31.6. The van der Waals surface area contributed by atoms with Gasteiger partial charge in [0.25, 0.3) is 0 Å². The van der Waals surface area contributed by atoms with Gasteiger partial charge >= 0.3 is 0 Å². The first kappa shape index (κ1) is 17.7. The van der Waals surface area contributed by atoms with Gasteiger partial charge in [-0.05, 0) is 39.4 Å². The lowest BCUT2D eigenvalue weighted by Gasteiger charge is -2.43. The summed E-state index contributed by atoms with van der Waals surface area (Å²) < 4.78 is 14.6. The molecule has 3 heteroatoms. The summed E-state index contributed by atoms with van der Waals surface area (Å²) >= 11 is 0. The van der Waals surface area contributed by atoms with Crippen LogP contribution in [-0.2, 0) is 9.98 Å². The third kappa shape index (κ3) is 1.89. The molecule has 2 aliphatic rings. The molecule has 1 unspecified atom stereocenters. The van der Waals surface area contributed by atoms with E-state index in [-0.39, 0.29) is 0 Å². The van der Waals surface area contributed by atoms with Crippen molar-refractivity contribution >= 4 is 23.4 Å². The first-order valence-electron chi connectivity index (χ1n) is 10.4. The summed E-state index contributed by atoms with van der Waals surface area (Å²) in [6.07, 6.45) is 0.560. The fraction of sp³-hybridized carbons (Fsp3) is 0.111. The quantitative estimate of drug-likeness (QED) is 0.304.